The van der Waals surface area contributed by atoms with Crippen LogP contribution in [0.15, 0.2) is 91.0 Å². The number of likely N-dealkylation sites (N-methyl/N-ethyl adjacent to an activating group) is 1. The highest BCUT2D eigenvalue weighted by atomic mass is 19.1. The van der Waals surface area contributed by atoms with Crippen LogP contribution in [-0.2, 0) is 56.0 Å². The molecule has 3 aliphatic heterocycles. The lowest BCUT2D eigenvalue weighted by Gasteiger charge is -2.41. The number of hydrogen-bond donors (Lipinski definition) is 1. The van der Waals surface area contributed by atoms with Gasteiger partial charge in [-0.2, -0.15) is 5.26 Å². The van der Waals surface area contributed by atoms with Crippen LogP contribution in [0.3, 0.4) is 0 Å². The predicted octanol–water partition coefficient (Wildman–Crippen LogP) is 8.48. The third-order valence-corrected chi connectivity index (χ3v) is 15.5. The first-order valence-electron chi connectivity index (χ1n) is 25.8. The van der Waals surface area contributed by atoms with Gasteiger partial charge in [0.25, 0.3) is 11.8 Å². The van der Waals surface area contributed by atoms with Crippen molar-refractivity contribution >= 4 is 29.1 Å². The second-order valence-corrected chi connectivity index (χ2v) is 20.1. The molecule has 0 spiro atoms. The Labute approximate surface area is 433 Å². The number of fused-ring (bicyclic) bond motifs is 2. The highest BCUT2D eigenvalue weighted by Crippen LogP contribution is 2.39. The first kappa shape index (κ1) is 51.6. The number of phenolic OH excluding ortho intramolecular Hbond substituents is 1. The smallest absolute Gasteiger partial charge is 0.264 e. The van der Waals surface area contributed by atoms with Crippen molar-refractivity contribution in [2.75, 3.05) is 64.0 Å². The number of morpholine rings is 1. The Morgan fingerprint density at radius 3 is 2.30 bits per heavy atom. The molecule has 5 heterocycles. The molecule has 74 heavy (non-hydrogen) atoms. The number of phenols is 1. The standard InChI is InChI=1S/C59H67FN8O6/c1-8-65(38(2)3)37-48-27-41-11-9-10-12-44(41)36-67(48)58(71)53-29-45-35-66(57(70)30-43-13-18-50(32-54(43)60)74-26-23-64-21-24-73-25-22-64)20-19-42(45)28-52(53)56-33-51(39(4)63(56)7)59(72)68(46-14-16-49(69)17-15-46)55-31-47(34-61)62(6)40(55)5/h9-18,28-29,31-33,38,48,69H,8,19-27,30,35-37H2,1-7H3/t48-/m0/s1. The molecule has 4 aromatic carbocycles. The van der Waals surface area contributed by atoms with E-state index in [9.17, 15) is 15.2 Å². The Balaban J connectivity index is 1.07. The molecule has 1 saturated heterocycles. The third kappa shape index (κ3) is 10.6. The van der Waals surface area contributed by atoms with Crippen molar-refractivity contribution in [2.45, 2.75) is 79.1 Å². The summed E-state index contributed by atoms with van der Waals surface area (Å²) >= 11 is 0. The molecule has 3 amide bonds. The molecular weight excluding hydrogens is 936 g/mol. The van der Waals surface area contributed by atoms with Crippen LogP contribution in [0.4, 0.5) is 15.8 Å². The fourth-order valence-electron chi connectivity index (χ4n) is 10.8. The van der Waals surface area contributed by atoms with Crippen molar-refractivity contribution in [3.8, 4) is 28.8 Å². The first-order valence-corrected chi connectivity index (χ1v) is 25.8. The fraction of sp³-hybridized carbons (Fsp3) is 0.390. The summed E-state index contributed by atoms with van der Waals surface area (Å²) in [6.45, 7) is 17.0. The lowest BCUT2D eigenvalue weighted by Crippen LogP contribution is -2.51. The summed E-state index contributed by atoms with van der Waals surface area (Å²) in [5, 5.41) is 20.2. The summed E-state index contributed by atoms with van der Waals surface area (Å²) in [6, 6.07) is 29.3. The van der Waals surface area contributed by atoms with E-state index < -0.39 is 5.82 Å². The Morgan fingerprint density at radius 2 is 1.61 bits per heavy atom. The van der Waals surface area contributed by atoms with Crippen LogP contribution in [0.5, 0.6) is 11.5 Å². The Hall–Kier alpha value is -7.25. The van der Waals surface area contributed by atoms with E-state index in [1.807, 2.05) is 48.6 Å². The first-order chi connectivity index (χ1) is 35.6. The molecule has 386 valence electrons. The monoisotopic (exact) mass is 1000 g/mol. The van der Waals surface area contributed by atoms with E-state index in [4.69, 9.17) is 9.47 Å². The van der Waals surface area contributed by atoms with Crippen molar-refractivity contribution in [1.29, 1.82) is 5.26 Å². The lowest BCUT2D eigenvalue weighted by atomic mass is 9.89. The highest BCUT2D eigenvalue weighted by molar-refractivity contribution is 6.13. The normalized spacial score (nSPS) is 15.8. The van der Waals surface area contributed by atoms with Crippen LogP contribution in [0.2, 0.25) is 0 Å². The molecule has 0 saturated carbocycles. The van der Waals surface area contributed by atoms with Gasteiger partial charge in [0.15, 0.2) is 0 Å². The summed E-state index contributed by atoms with van der Waals surface area (Å²) < 4.78 is 30.6. The van der Waals surface area contributed by atoms with Gasteiger partial charge in [-0.3, -0.25) is 29.1 Å². The summed E-state index contributed by atoms with van der Waals surface area (Å²) in [5.74, 6) is -0.758. The minimum absolute atomic E-state index is 0.0466. The number of amides is 3. The number of ether oxygens (including phenoxy) is 2. The molecule has 1 fully saturated rings. The van der Waals surface area contributed by atoms with E-state index in [2.05, 4.69) is 60.9 Å². The number of halogens is 1. The zero-order chi connectivity index (χ0) is 52.4. The van der Waals surface area contributed by atoms with Gasteiger partial charge in [0, 0.05) is 112 Å². The van der Waals surface area contributed by atoms with Crippen molar-refractivity contribution in [3.63, 3.8) is 0 Å². The molecule has 0 radical (unpaired) electrons. The van der Waals surface area contributed by atoms with Crippen LogP contribution in [0.25, 0.3) is 11.3 Å². The van der Waals surface area contributed by atoms with E-state index in [0.717, 1.165) is 36.3 Å². The quantitative estimate of drug-likeness (QED) is 0.107. The average Bonchev–Trinajstić information content (AvgIpc) is 3.86. The maximum Gasteiger partial charge on any atom is 0.264 e. The zero-order valence-electron chi connectivity index (χ0n) is 43.7. The minimum atomic E-state index is -0.498. The van der Waals surface area contributed by atoms with Gasteiger partial charge in [-0.15, -0.1) is 0 Å². The number of carbonyl (C=O) groups is 3. The topological polar surface area (TPSA) is 140 Å². The highest BCUT2D eigenvalue weighted by Gasteiger charge is 2.36. The van der Waals surface area contributed by atoms with Crippen molar-refractivity contribution in [3.05, 3.63) is 153 Å². The van der Waals surface area contributed by atoms with E-state index in [1.54, 1.807) is 51.7 Å². The van der Waals surface area contributed by atoms with E-state index in [0.29, 0.717) is 115 Å². The molecule has 3 aliphatic rings. The fourth-order valence-corrected chi connectivity index (χ4v) is 10.8. The molecule has 2 aromatic heterocycles. The van der Waals surface area contributed by atoms with Crippen LogP contribution >= 0.6 is 0 Å². The number of anilines is 2. The van der Waals surface area contributed by atoms with Gasteiger partial charge in [-0.25, -0.2) is 4.39 Å². The van der Waals surface area contributed by atoms with Crippen LogP contribution in [0.1, 0.15) is 86.4 Å². The zero-order valence-corrected chi connectivity index (χ0v) is 43.7. The van der Waals surface area contributed by atoms with Crippen LogP contribution < -0.4 is 9.64 Å². The second kappa shape index (κ2) is 22.1. The van der Waals surface area contributed by atoms with E-state index in [1.165, 1.54) is 23.8 Å². The van der Waals surface area contributed by atoms with Gasteiger partial charge >= 0.3 is 0 Å². The predicted molar refractivity (Wildman–Crippen MR) is 283 cm³/mol. The number of rotatable bonds is 15. The molecule has 9 rings (SSSR count). The molecule has 0 unspecified atom stereocenters. The summed E-state index contributed by atoms with van der Waals surface area (Å²) in [5.41, 5.74) is 9.36. The third-order valence-electron chi connectivity index (χ3n) is 15.5. The second-order valence-electron chi connectivity index (χ2n) is 20.1. The molecule has 14 nitrogen and oxygen atoms in total. The van der Waals surface area contributed by atoms with Gasteiger partial charge in [-0.05, 0) is 129 Å². The number of nitriles is 1. The molecule has 1 N–H and O–H groups in total. The molecule has 0 bridgehead atoms. The largest absolute Gasteiger partial charge is 0.508 e. The van der Waals surface area contributed by atoms with Gasteiger partial charge in [0.05, 0.1) is 30.9 Å². The van der Waals surface area contributed by atoms with Crippen molar-refractivity contribution in [2.24, 2.45) is 14.1 Å². The van der Waals surface area contributed by atoms with Crippen LogP contribution in [0, 0.1) is 31.0 Å². The van der Waals surface area contributed by atoms with E-state index in [-0.39, 0.29) is 54.1 Å². The minimum Gasteiger partial charge on any atom is -0.508 e. The Kier molecular flexibility index (Phi) is 15.4. The number of hydrogen-bond acceptors (Lipinski definition) is 9. The number of aromatic nitrogens is 2. The maximum absolute atomic E-state index is 15.8. The van der Waals surface area contributed by atoms with Crippen LogP contribution in [-0.4, -0.2) is 123 Å². The van der Waals surface area contributed by atoms with E-state index >= 15 is 14.0 Å². The maximum atomic E-state index is 15.8. The molecular formula is C59H67FN8O6. The SMILES string of the molecule is CCN(C[C@@H]1Cc2ccccc2CN1C(=O)c1cc2c(cc1-c1cc(C(=O)N(c3ccc(O)cc3)c3cc(C#N)n(C)c3C)c(C)n1C)CCN(C(=O)Cc1ccc(OCCN3CCOCC3)cc1F)C2)C(C)C. The molecule has 0 aliphatic carbocycles. The van der Waals surface area contributed by atoms with Crippen molar-refractivity contribution < 1.29 is 33.4 Å². The Morgan fingerprint density at radius 1 is 0.865 bits per heavy atom. The van der Waals surface area contributed by atoms with Crippen molar-refractivity contribution in [1.82, 2.24) is 28.7 Å². The van der Waals surface area contributed by atoms with Gasteiger partial charge < -0.3 is 33.5 Å². The molecule has 6 aromatic rings. The van der Waals surface area contributed by atoms with Gasteiger partial charge in [0.2, 0.25) is 5.91 Å². The molecule has 15 heteroatoms. The summed E-state index contributed by atoms with van der Waals surface area (Å²) in [7, 11) is 3.68. The average molecular weight is 1000 g/mol. The number of benzene rings is 4. The number of carbonyl (C=O) groups excluding carboxylic acids is 3. The van der Waals surface area contributed by atoms with Gasteiger partial charge in [0.1, 0.15) is 35.7 Å². The molecule has 1 atom stereocenters. The van der Waals surface area contributed by atoms with Gasteiger partial charge in [-0.1, -0.05) is 37.3 Å². The summed E-state index contributed by atoms with van der Waals surface area (Å²) in [6.07, 6.45) is 1.06. The lowest BCUT2D eigenvalue weighted by molar-refractivity contribution is -0.131. The summed E-state index contributed by atoms with van der Waals surface area (Å²) in [4.78, 5) is 55.1. The Bertz CT molecular complexity index is 3110. The number of nitrogens with zero attached hydrogens (tertiary/aromatic N) is 8. The number of aromatic hydroxyl groups is 1.